The molecule has 0 fully saturated rings. The molecule has 0 bridgehead atoms. The Labute approximate surface area is 248 Å². The van der Waals surface area contributed by atoms with Gasteiger partial charge < -0.3 is 52.3 Å². The second-order valence-corrected chi connectivity index (χ2v) is 8.80. The van der Waals surface area contributed by atoms with Gasteiger partial charge in [-0.1, -0.05) is 26.6 Å². The summed E-state index contributed by atoms with van der Waals surface area (Å²) in [4.78, 5) is 60.2. The van der Waals surface area contributed by atoms with Crippen LogP contribution in [0.15, 0.2) is 36.4 Å². The number of ketones is 2. The number of rotatable bonds is 15. The molecule has 0 aliphatic carbocycles. The van der Waals surface area contributed by atoms with E-state index in [1.54, 1.807) is 24.3 Å². The van der Waals surface area contributed by atoms with E-state index in [0.717, 1.165) is 50.4 Å². The van der Waals surface area contributed by atoms with Crippen molar-refractivity contribution in [2.75, 3.05) is 31.9 Å². The molecule has 213 valence electrons. The van der Waals surface area contributed by atoms with Gasteiger partial charge in [-0.3, -0.25) is 14.9 Å². The number of carbonyl (C=O) groups excluding carboxylic acids is 5. The van der Waals surface area contributed by atoms with Gasteiger partial charge in [0.15, 0.2) is 5.78 Å². The molecule has 1 aliphatic rings. The topological polar surface area (TPSA) is 171 Å². The number of hydrogen-bond acceptors (Lipinski definition) is 9. The number of ether oxygens (including phenoxy) is 1. The maximum atomic E-state index is 12.9. The number of carbonyl (C=O) groups is 5. The predicted molar refractivity (Wildman–Crippen MR) is 143 cm³/mol. The van der Waals surface area contributed by atoms with Crippen LogP contribution in [-0.4, -0.2) is 72.0 Å². The minimum atomic E-state index is -1.07. The Balaban J connectivity index is 0.00000274. The SMILES string of the molecule is CCCNC(Oc1ccc(C(=O)c2ccc3n2CCC3)cc1)C(=O)C[N-]C(=O)C[N-]C(=O)C[N-]C(=O)C[S-].[O]=[Tc+4]. The first-order valence-corrected chi connectivity index (χ1v) is 13.8. The molecule has 1 aromatic carbocycles. The van der Waals surface area contributed by atoms with Gasteiger partial charge in [0.05, 0.1) is 5.69 Å². The molecule has 0 saturated carbocycles. The fourth-order valence-electron chi connectivity index (χ4n) is 3.78. The summed E-state index contributed by atoms with van der Waals surface area (Å²) in [5, 5.41) is 13.5. The molecule has 2 aromatic rings. The molecule has 40 heavy (non-hydrogen) atoms. The molecule has 14 heteroatoms. The van der Waals surface area contributed by atoms with Crippen molar-refractivity contribution in [2.24, 2.45) is 0 Å². The number of nitrogens with zero attached hydrogens (tertiary/aromatic N) is 4. The average molecular weight is 654 g/mol. The average Bonchev–Trinajstić information content (AvgIpc) is 3.61. The monoisotopic (exact) mass is 652 g/mol. The number of nitrogens with one attached hydrogen (secondary N) is 1. The summed E-state index contributed by atoms with van der Waals surface area (Å²) in [5.74, 6) is -2.58. The van der Waals surface area contributed by atoms with E-state index >= 15 is 0 Å². The Morgan fingerprint density at radius 1 is 0.950 bits per heavy atom. The van der Waals surface area contributed by atoms with Crippen LogP contribution >= 0.6 is 0 Å². The van der Waals surface area contributed by atoms with Crippen LogP contribution in [0.3, 0.4) is 0 Å². The van der Waals surface area contributed by atoms with Gasteiger partial charge in [0.25, 0.3) is 0 Å². The summed E-state index contributed by atoms with van der Waals surface area (Å²) in [7, 11) is 0. The van der Waals surface area contributed by atoms with E-state index in [4.69, 9.17) is 8.24 Å². The third-order valence-corrected chi connectivity index (χ3v) is 5.92. The van der Waals surface area contributed by atoms with Gasteiger partial charge in [0, 0.05) is 35.5 Å². The van der Waals surface area contributed by atoms with Crippen molar-refractivity contribution in [1.82, 2.24) is 9.88 Å². The minimum absolute atomic E-state index is 0.0803. The van der Waals surface area contributed by atoms with E-state index in [9.17, 15) is 24.0 Å². The van der Waals surface area contributed by atoms with Crippen LogP contribution in [0, 0.1) is 0 Å². The van der Waals surface area contributed by atoms with Crippen LogP contribution in [0.1, 0.15) is 41.5 Å². The molecule has 0 radical (unpaired) electrons. The number of Topliss-reactive ketones (excluding diaryl/α,β-unsaturated/α-hetero) is 1. The Morgan fingerprint density at radius 2 is 1.57 bits per heavy atom. The molecule has 1 atom stereocenters. The van der Waals surface area contributed by atoms with Crippen LogP contribution in [0.2, 0.25) is 0 Å². The number of aryl methyl sites for hydroxylation is 1. The van der Waals surface area contributed by atoms with E-state index in [1.807, 2.05) is 23.6 Å². The number of amides is 3. The fourth-order valence-corrected chi connectivity index (χ4v) is 3.87. The molecule has 2 heterocycles. The Hall–Kier alpha value is -3.19. The quantitative estimate of drug-likeness (QED) is 0.172. The molecule has 0 spiro atoms. The van der Waals surface area contributed by atoms with Crippen molar-refractivity contribution < 1.29 is 51.1 Å². The van der Waals surface area contributed by atoms with Crippen molar-refractivity contribution in [1.29, 1.82) is 0 Å². The van der Waals surface area contributed by atoms with Crippen LogP contribution in [0.4, 0.5) is 0 Å². The van der Waals surface area contributed by atoms with E-state index in [2.05, 4.69) is 33.9 Å². The third kappa shape index (κ3) is 10.1. The summed E-state index contributed by atoms with van der Waals surface area (Å²) in [6.45, 7) is 1.72. The van der Waals surface area contributed by atoms with Crippen molar-refractivity contribution in [3.8, 4) is 5.75 Å². The van der Waals surface area contributed by atoms with Gasteiger partial charge >= 0.3 is 22.4 Å². The first-order chi connectivity index (χ1) is 19.3. The van der Waals surface area contributed by atoms with Crippen LogP contribution in [0.5, 0.6) is 5.75 Å². The van der Waals surface area contributed by atoms with Crippen LogP contribution in [0.25, 0.3) is 16.0 Å². The molecule has 1 aliphatic heterocycles. The van der Waals surface area contributed by atoms with Gasteiger partial charge in [0.1, 0.15) is 5.75 Å². The van der Waals surface area contributed by atoms with Crippen molar-refractivity contribution in [3.63, 3.8) is 0 Å². The summed E-state index contributed by atoms with van der Waals surface area (Å²) >= 11 is 5.41. The Bertz CT molecular complexity index is 1190. The molecule has 3 amide bonds. The van der Waals surface area contributed by atoms with Crippen molar-refractivity contribution in [2.45, 2.75) is 39.0 Å². The summed E-state index contributed by atoms with van der Waals surface area (Å²) in [6.07, 6.45) is 1.67. The second kappa shape index (κ2) is 17.5. The van der Waals surface area contributed by atoms with Crippen molar-refractivity contribution >= 4 is 41.9 Å². The molecule has 0 saturated heterocycles. The van der Waals surface area contributed by atoms with Gasteiger partial charge in [-0.25, -0.2) is 0 Å². The normalized spacial score (nSPS) is 12.3. The van der Waals surface area contributed by atoms with E-state index in [-0.39, 0.29) is 11.5 Å². The summed E-state index contributed by atoms with van der Waals surface area (Å²) in [5.41, 5.74) is 2.33. The Kier molecular flexibility index (Phi) is 14.4. The van der Waals surface area contributed by atoms with E-state index in [1.165, 1.54) is 0 Å². The van der Waals surface area contributed by atoms with Crippen LogP contribution in [-0.2, 0) is 67.1 Å². The molecule has 1 aromatic heterocycles. The first-order valence-electron chi connectivity index (χ1n) is 12.4. The molecule has 1 N–H and O–H groups in total. The van der Waals surface area contributed by atoms with Crippen molar-refractivity contribution in [3.05, 3.63) is 69.3 Å². The Morgan fingerprint density at radius 3 is 2.20 bits per heavy atom. The van der Waals surface area contributed by atoms with Gasteiger partial charge in [-0.2, -0.15) is 0 Å². The van der Waals surface area contributed by atoms with Gasteiger partial charge in [0.2, 0.25) is 12.0 Å². The molecule has 12 nitrogen and oxygen atoms in total. The van der Waals surface area contributed by atoms with Gasteiger partial charge in [-0.15, -0.1) is 5.75 Å². The van der Waals surface area contributed by atoms with Gasteiger partial charge in [-0.05, 0) is 62.2 Å². The molecule has 1 unspecified atom stereocenters. The zero-order valence-corrected chi connectivity index (χ0v) is 24.5. The number of benzene rings is 1. The predicted octanol–water partition coefficient (Wildman–Crippen LogP) is 2.07. The zero-order valence-electron chi connectivity index (χ0n) is 21.8. The first kappa shape index (κ1) is 33.0. The third-order valence-electron chi connectivity index (χ3n) is 5.68. The standard InChI is InChI=1S/C26H33N5O6S.O.Tc/c1-2-11-27-26(21(32)13-28-22(33)14-29-23(34)15-30-24(35)16-38)37-19-8-5-17(6-9-19)25(36)20-10-7-18-4-3-12-31(18)20;;/h5-10,26-27H,2-4,11-16H2,1H3,(H4,28,29,30,33,34,35,38);;/q;;+4/p-4. The molecule has 3 rings (SSSR count). The van der Waals surface area contributed by atoms with Crippen LogP contribution < -0.4 is 10.1 Å². The fraction of sp³-hybridized carbons (Fsp3) is 0.423. The number of fused-ring (bicyclic) bond motifs is 1. The maximum absolute atomic E-state index is 12.9. The van der Waals surface area contributed by atoms with E-state index < -0.39 is 49.4 Å². The molecular formula is C26H29N5O7STc. The second-order valence-electron chi connectivity index (χ2n) is 8.51. The number of hydrogen-bond donors (Lipinski definition) is 1. The summed E-state index contributed by atoms with van der Waals surface area (Å²) in [6, 6.07) is 10.4. The van der Waals surface area contributed by atoms with E-state index in [0.29, 0.717) is 23.6 Å². The number of aromatic nitrogens is 1. The zero-order chi connectivity index (χ0) is 29.5. The molecular weight excluding hydrogens is 624 g/mol. The summed E-state index contributed by atoms with van der Waals surface area (Å²) < 4.78 is 16.1.